The summed E-state index contributed by atoms with van der Waals surface area (Å²) in [6.07, 6.45) is 1.79. The monoisotopic (exact) mass is 376 g/mol. The van der Waals surface area contributed by atoms with Crippen molar-refractivity contribution in [2.75, 3.05) is 18.4 Å². The van der Waals surface area contributed by atoms with Crippen LogP contribution in [-0.2, 0) is 10.5 Å². The lowest BCUT2D eigenvalue weighted by atomic mass is 9.97. The van der Waals surface area contributed by atoms with Gasteiger partial charge in [-0.3, -0.25) is 4.79 Å². The first-order valence-corrected chi connectivity index (χ1v) is 9.50. The number of aromatic nitrogens is 2. The standard InChI is InChI=1S/C13H16N4OS3.ClH/c18-11(9-3-5-14-6-4-9)15-12-16-17-13(21-12)20-8-10-2-1-7-19-10;/h1-2,7,9,14H,3-6,8H2,(H,15,16,18);1H. The normalized spacial score (nSPS) is 15.3. The molecule has 0 radical (unpaired) electrons. The molecule has 2 aromatic heterocycles. The van der Waals surface area contributed by atoms with E-state index in [1.807, 2.05) is 6.07 Å². The van der Waals surface area contributed by atoms with Gasteiger partial charge >= 0.3 is 0 Å². The van der Waals surface area contributed by atoms with Crippen LogP contribution in [0, 0.1) is 5.92 Å². The van der Waals surface area contributed by atoms with Gasteiger partial charge in [-0.05, 0) is 37.4 Å². The highest BCUT2D eigenvalue weighted by molar-refractivity contribution is 8.00. The van der Waals surface area contributed by atoms with Gasteiger partial charge in [0.05, 0.1) is 0 Å². The van der Waals surface area contributed by atoms with Crippen LogP contribution < -0.4 is 10.6 Å². The van der Waals surface area contributed by atoms with E-state index in [9.17, 15) is 4.79 Å². The largest absolute Gasteiger partial charge is 0.317 e. The van der Waals surface area contributed by atoms with Gasteiger partial charge < -0.3 is 10.6 Å². The van der Waals surface area contributed by atoms with E-state index in [1.54, 1.807) is 23.1 Å². The van der Waals surface area contributed by atoms with Crippen molar-refractivity contribution in [3.8, 4) is 0 Å². The first-order valence-electron chi connectivity index (χ1n) is 6.81. The minimum atomic E-state index is 0. The van der Waals surface area contributed by atoms with E-state index in [0.29, 0.717) is 5.13 Å². The first-order chi connectivity index (χ1) is 10.3. The topological polar surface area (TPSA) is 66.9 Å². The summed E-state index contributed by atoms with van der Waals surface area (Å²) >= 11 is 4.84. The zero-order valence-corrected chi connectivity index (χ0v) is 15.0. The number of carbonyl (C=O) groups is 1. The Hall–Kier alpha value is -0.670. The third-order valence-corrected chi connectivity index (χ3v) is 6.34. The highest BCUT2D eigenvalue weighted by atomic mass is 35.5. The number of halogens is 1. The molecule has 2 aromatic rings. The molecule has 2 N–H and O–H groups in total. The van der Waals surface area contributed by atoms with Gasteiger partial charge in [-0.15, -0.1) is 33.9 Å². The van der Waals surface area contributed by atoms with E-state index in [1.165, 1.54) is 16.2 Å². The van der Waals surface area contributed by atoms with Crippen LogP contribution in [0.1, 0.15) is 17.7 Å². The Morgan fingerprint density at radius 2 is 2.23 bits per heavy atom. The molecule has 1 aliphatic rings. The van der Waals surface area contributed by atoms with Gasteiger partial charge in [-0.2, -0.15) is 0 Å². The molecule has 0 bridgehead atoms. The minimum Gasteiger partial charge on any atom is -0.317 e. The number of thioether (sulfide) groups is 1. The summed E-state index contributed by atoms with van der Waals surface area (Å²) in [6, 6.07) is 4.16. The predicted octanol–water partition coefficient (Wildman–Crippen LogP) is 3.25. The summed E-state index contributed by atoms with van der Waals surface area (Å²) in [4.78, 5) is 13.4. The molecule has 9 heteroatoms. The van der Waals surface area contributed by atoms with Crippen LogP contribution in [-0.4, -0.2) is 29.2 Å². The molecule has 0 aromatic carbocycles. The predicted molar refractivity (Wildman–Crippen MR) is 95.3 cm³/mol. The summed E-state index contributed by atoms with van der Waals surface area (Å²) in [5.74, 6) is 1.06. The minimum absolute atomic E-state index is 0. The molecule has 0 saturated carbocycles. The number of nitrogens with zero attached hydrogens (tertiary/aromatic N) is 2. The zero-order chi connectivity index (χ0) is 14.5. The van der Waals surface area contributed by atoms with Crippen LogP contribution in [0.5, 0.6) is 0 Å². The Morgan fingerprint density at radius 3 is 2.95 bits per heavy atom. The van der Waals surface area contributed by atoms with Gasteiger partial charge in [-0.1, -0.05) is 29.2 Å². The maximum Gasteiger partial charge on any atom is 0.229 e. The molecule has 0 aliphatic carbocycles. The van der Waals surface area contributed by atoms with E-state index >= 15 is 0 Å². The summed E-state index contributed by atoms with van der Waals surface area (Å²) in [5, 5.41) is 17.0. The molecule has 5 nitrogen and oxygen atoms in total. The van der Waals surface area contributed by atoms with Crippen LogP contribution >= 0.6 is 46.8 Å². The Bertz CT molecular complexity index is 584. The van der Waals surface area contributed by atoms with Crippen molar-refractivity contribution in [1.29, 1.82) is 0 Å². The molecule has 1 aliphatic heterocycles. The third kappa shape index (κ3) is 4.92. The van der Waals surface area contributed by atoms with Gasteiger partial charge in [0.1, 0.15) is 0 Å². The Morgan fingerprint density at radius 1 is 1.41 bits per heavy atom. The molecule has 0 unspecified atom stereocenters. The maximum atomic E-state index is 12.1. The van der Waals surface area contributed by atoms with E-state index in [2.05, 4.69) is 32.3 Å². The number of piperidine rings is 1. The average Bonchev–Trinajstić information content (AvgIpc) is 3.17. The lowest BCUT2D eigenvalue weighted by Gasteiger charge is -2.20. The average molecular weight is 377 g/mol. The van der Waals surface area contributed by atoms with Crippen molar-refractivity contribution in [3.05, 3.63) is 22.4 Å². The second kappa shape index (κ2) is 8.83. The molecular weight excluding hydrogens is 360 g/mol. The Labute approximate surface area is 147 Å². The Balaban J connectivity index is 0.00000176. The van der Waals surface area contributed by atoms with Gasteiger partial charge in [0.15, 0.2) is 4.34 Å². The van der Waals surface area contributed by atoms with E-state index in [-0.39, 0.29) is 24.2 Å². The van der Waals surface area contributed by atoms with Crippen LogP contribution in [0.15, 0.2) is 21.9 Å². The second-order valence-electron chi connectivity index (χ2n) is 4.75. The highest BCUT2D eigenvalue weighted by Gasteiger charge is 2.21. The summed E-state index contributed by atoms with van der Waals surface area (Å²) in [5.41, 5.74) is 0. The number of anilines is 1. The van der Waals surface area contributed by atoms with Crippen LogP contribution in [0.3, 0.4) is 0 Å². The quantitative estimate of drug-likeness (QED) is 0.619. The van der Waals surface area contributed by atoms with Crippen molar-refractivity contribution in [1.82, 2.24) is 15.5 Å². The molecule has 0 atom stereocenters. The number of nitrogens with one attached hydrogen (secondary N) is 2. The van der Waals surface area contributed by atoms with Gasteiger partial charge in [0.2, 0.25) is 11.0 Å². The first kappa shape index (κ1) is 17.7. The van der Waals surface area contributed by atoms with Crippen LogP contribution in [0.4, 0.5) is 5.13 Å². The molecule has 3 heterocycles. The number of hydrogen-bond donors (Lipinski definition) is 2. The molecule has 0 spiro atoms. The van der Waals surface area contributed by atoms with Gasteiger partial charge in [0.25, 0.3) is 0 Å². The van der Waals surface area contributed by atoms with E-state index in [4.69, 9.17) is 0 Å². The zero-order valence-electron chi connectivity index (χ0n) is 11.8. The second-order valence-corrected chi connectivity index (χ2v) is 7.99. The highest BCUT2D eigenvalue weighted by Crippen LogP contribution is 2.29. The van der Waals surface area contributed by atoms with Crippen molar-refractivity contribution in [2.45, 2.75) is 22.9 Å². The number of hydrogen-bond acceptors (Lipinski definition) is 7. The lowest BCUT2D eigenvalue weighted by molar-refractivity contribution is -0.120. The summed E-state index contributed by atoms with van der Waals surface area (Å²) in [7, 11) is 0. The van der Waals surface area contributed by atoms with Crippen molar-refractivity contribution >= 4 is 57.9 Å². The number of thiophene rings is 1. The van der Waals surface area contributed by atoms with Crippen molar-refractivity contribution < 1.29 is 4.79 Å². The lowest BCUT2D eigenvalue weighted by Crippen LogP contribution is -2.34. The molecule has 22 heavy (non-hydrogen) atoms. The fraction of sp³-hybridized carbons (Fsp3) is 0.462. The molecular formula is C13H17ClN4OS3. The van der Waals surface area contributed by atoms with Gasteiger partial charge in [-0.25, -0.2) is 0 Å². The number of carbonyl (C=O) groups excluding carboxylic acids is 1. The molecule has 1 fully saturated rings. The number of rotatable bonds is 5. The SMILES string of the molecule is Cl.O=C(Nc1nnc(SCc2cccs2)s1)C1CCNCC1. The third-order valence-electron chi connectivity index (χ3n) is 3.26. The van der Waals surface area contributed by atoms with Gasteiger partial charge in [0, 0.05) is 16.5 Å². The molecule has 3 rings (SSSR count). The summed E-state index contributed by atoms with van der Waals surface area (Å²) < 4.78 is 0.893. The Kier molecular flexibility index (Phi) is 7.10. The molecule has 1 amide bonds. The smallest absolute Gasteiger partial charge is 0.229 e. The van der Waals surface area contributed by atoms with Crippen molar-refractivity contribution in [2.24, 2.45) is 5.92 Å². The van der Waals surface area contributed by atoms with E-state index in [0.717, 1.165) is 36.0 Å². The number of amides is 1. The molecule has 120 valence electrons. The van der Waals surface area contributed by atoms with Crippen molar-refractivity contribution in [3.63, 3.8) is 0 Å². The maximum absolute atomic E-state index is 12.1. The fourth-order valence-electron chi connectivity index (χ4n) is 2.14. The molecule has 1 saturated heterocycles. The van der Waals surface area contributed by atoms with Crippen LogP contribution in [0.25, 0.3) is 0 Å². The van der Waals surface area contributed by atoms with Crippen LogP contribution in [0.2, 0.25) is 0 Å². The summed E-state index contributed by atoms with van der Waals surface area (Å²) in [6.45, 7) is 1.83. The fourth-order valence-corrected chi connectivity index (χ4v) is 4.67. The van der Waals surface area contributed by atoms with E-state index < -0.39 is 0 Å².